The first-order chi connectivity index (χ1) is 32.1. The fourth-order valence-electron chi connectivity index (χ4n) is 6.61. The average Bonchev–Trinajstić information content (AvgIpc) is 3.27. The lowest BCUT2D eigenvalue weighted by Crippen LogP contribution is -2.23. The highest BCUT2D eigenvalue weighted by Crippen LogP contribution is 2.82. The molecule has 1 aliphatic heterocycles. The van der Waals surface area contributed by atoms with Crippen LogP contribution in [-0.2, 0) is 55.6 Å². The first kappa shape index (κ1) is 61.7. The molecule has 0 bridgehead atoms. The van der Waals surface area contributed by atoms with Crippen molar-refractivity contribution in [2.24, 2.45) is 13.5 Å². The Bertz CT molecular complexity index is 1220. The second kappa shape index (κ2) is 38.5. The molecule has 15 nitrogen and oxygen atoms in total. The maximum Gasteiger partial charge on any atom is 0.355 e. The van der Waals surface area contributed by atoms with Crippen LogP contribution in [0, 0.1) is 0 Å². The van der Waals surface area contributed by atoms with Gasteiger partial charge in [0.2, 0.25) is 37.7 Å². The smallest absolute Gasteiger partial charge is 0.355 e. The molecule has 6 unspecified atom stereocenters. The zero-order valence-corrected chi connectivity index (χ0v) is 44.4. The highest BCUT2D eigenvalue weighted by molar-refractivity contribution is 7.78. The zero-order valence-electron chi connectivity index (χ0n) is 41.7. The van der Waals surface area contributed by atoms with Crippen LogP contribution in [0.5, 0.6) is 0 Å². The maximum atomic E-state index is 7.10. The van der Waals surface area contributed by atoms with Crippen LogP contribution in [0.15, 0.2) is 90.6 Å². The molecule has 0 fully saturated rings. The molecule has 0 aromatic carbocycles. The molecule has 0 spiro atoms. The third-order valence-corrected chi connectivity index (χ3v) is 18.4. The van der Waals surface area contributed by atoms with E-state index in [1.165, 1.54) is 37.6 Å². The first-order valence-electron chi connectivity index (χ1n) is 24.7. The lowest BCUT2D eigenvalue weighted by molar-refractivity contribution is -0.0816. The van der Waals surface area contributed by atoms with Gasteiger partial charge in [-0.2, -0.15) is 0 Å². The Balaban J connectivity index is 4.89. The van der Waals surface area contributed by atoms with Crippen molar-refractivity contribution in [2.45, 2.75) is 233 Å². The van der Waals surface area contributed by atoms with Gasteiger partial charge in [-0.1, -0.05) is 158 Å². The van der Waals surface area contributed by atoms with Gasteiger partial charge in [-0.15, -0.1) is 13.5 Å². The Morgan fingerprint density at radius 2 is 0.439 bits per heavy atom. The molecule has 66 heavy (non-hydrogen) atoms. The van der Waals surface area contributed by atoms with Crippen LogP contribution >= 0.6 is 23.0 Å². The Morgan fingerprint density at radius 3 is 0.561 bits per heavy atom. The van der Waals surface area contributed by atoms with Crippen LogP contribution in [0.4, 0.5) is 0 Å². The maximum absolute atomic E-state index is 7.10. The van der Waals surface area contributed by atoms with Crippen molar-refractivity contribution < 1.29 is 55.6 Å². The quantitative estimate of drug-likeness (QED) is 0.0247. The minimum Gasteiger partial charge on any atom is -0.473 e. The predicted molar refractivity (Wildman–Crippen MR) is 270 cm³/mol. The third kappa shape index (κ3) is 25.9. The van der Waals surface area contributed by atoms with Crippen molar-refractivity contribution in [1.82, 2.24) is 0 Å². The van der Waals surface area contributed by atoms with Crippen LogP contribution in [0.25, 0.3) is 0 Å². The second-order valence-electron chi connectivity index (χ2n) is 15.7. The molecule has 0 radical (unpaired) electrons. The lowest BCUT2D eigenvalue weighted by Gasteiger charge is -2.38. The van der Waals surface area contributed by atoms with Gasteiger partial charge < -0.3 is 28.4 Å². The fraction of sp³-hybridized carbons (Fsp3) is 0.750. The first-order valence-corrected chi connectivity index (χ1v) is 29.3. The SMILES string of the molecule is C=COC(CCCCC)OP1(OC(CCCCC)OC=C)=NP(OC(CCCCC)OC=C)(OC(CCCCC)OC=C)=NP(OC(CCCCC)OC=C)(OC(CCCCC)OC=C)=N1. The summed E-state index contributed by atoms with van der Waals surface area (Å²) in [6.45, 7) is 36.1. The molecule has 18 heteroatoms. The van der Waals surface area contributed by atoms with Crippen LogP contribution in [0.3, 0.4) is 0 Å². The third-order valence-electron chi connectivity index (χ3n) is 9.96. The zero-order chi connectivity index (χ0) is 48.8. The molecule has 1 heterocycles. The molecule has 0 N–H and O–H groups in total. The monoisotopic (exact) mass is 994 g/mol. The molecule has 0 saturated heterocycles. The molecule has 1 rings (SSSR count). The van der Waals surface area contributed by atoms with E-state index in [0.29, 0.717) is 38.5 Å². The lowest BCUT2D eigenvalue weighted by atomic mass is 10.2. The number of rotatable bonds is 48. The van der Waals surface area contributed by atoms with Crippen LogP contribution < -0.4 is 0 Å². The summed E-state index contributed by atoms with van der Waals surface area (Å²) in [5, 5.41) is 0. The van der Waals surface area contributed by atoms with E-state index in [0.717, 1.165) is 116 Å². The van der Waals surface area contributed by atoms with E-state index in [1.807, 2.05) is 0 Å². The highest BCUT2D eigenvalue weighted by Gasteiger charge is 2.50. The van der Waals surface area contributed by atoms with Gasteiger partial charge >= 0.3 is 23.0 Å². The van der Waals surface area contributed by atoms with Gasteiger partial charge in [0, 0.05) is 38.5 Å². The molecule has 1 aliphatic rings. The molecule has 6 atom stereocenters. The van der Waals surface area contributed by atoms with E-state index in [-0.39, 0.29) is 0 Å². The van der Waals surface area contributed by atoms with Crippen molar-refractivity contribution in [3.05, 3.63) is 77.0 Å². The Labute approximate surface area is 401 Å². The number of nitrogens with zero attached hydrogens (tertiary/aromatic N) is 3. The van der Waals surface area contributed by atoms with Gasteiger partial charge in [-0.3, -0.25) is 27.1 Å². The van der Waals surface area contributed by atoms with Gasteiger partial charge in [-0.25, -0.2) is 0 Å². The molecule has 0 aromatic rings. The number of hydrogen-bond donors (Lipinski definition) is 0. The van der Waals surface area contributed by atoms with E-state index >= 15 is 0 Å². The van der Waals surface area contributed by atoms with Gasteiger partial charge in [0.1, 0.15) is 0 Å². The summed E-state index contributed by atoms with van der Waals surface area (Å²) < 4.78 is 95.5. The number of ether oxygens (including phenoxy) is 6. The molecule has 0 amide bonds. The normalized spacial score (nSPS) is 21.7. The largest absolute Gasteiger partial charge is 0.473 e. The minimum absolute atomic E-state index is 0.438. The van der Waals surface area contributed by atoms with Gasteiger partial charge in [-0.05, 0) is 38.5 Å². The van der Waals surface area contributed by atoms with Crippen molar-refractivity contribution in [3.63, 3.8) is 0 Å². The van der Waals surface area contributed by atoms with Crippen LogP contribution in [-0.4, -0.2) is 37.7 Å². The van der Waals surface area contributed by atoms with Crippen molar-refractivity contribution in [3.8, 4) is 0 Å². The molecular weight excluding hydrogens is 903 g/mol. The van der Waals surface area contributed by atoms with Crippen LogP contribution in [0.1, 0.15) is 196 Å². The molecule has 0 aromatic heterocycles. The summed E-state index contributed by atoms with van der Waals surface area (Å²) in [7, 11) is -12.7. The molecule has 0 aliphatic carbocycles. The van der Waals surface area contributed by atoms with E-state index in [4.69, 9.17) is 69.1 Å². The summed E-state index contributed by atoms with van der Waals surface area (Å²) in [6, 6.07) is 0. The van der Waals surface area contributed by atoms with Crippen molar-refractivity contribution in [2.75, 3.05) is 0 Å². The fourth-order valence-corrected chi connectivity index (χ4v) is 16.4. The summed E-state index contributed by atoms with van der Waals surface area (Å²) in [4.78, 5) is 0. The van der Waals surface area contributed by atoms with Gasteiger partial charge in [0.15, 0.2) is 0 Å². The van der Waals surface area contributed by atoms with Crippen LogP contribution in [0.2, 0.25) is 0 Å². The molecular formula is C48H90N3O12P3. The van der Waals surface area contributed by atoms with E-state index in [2.05, 4.69) is 81.0 Å². The summed E-state index contributed by atoms with van der Waals surface area (Å²) >= 11 is 0. The molecule has 0 saturated carbocycles. The van der Waals surface area contributed by atoms with Gasteiger partial charge in [0.05, 0.1) is 37.6 Å². The second-order valence-corrected chi connectivity index (χ2v) is 22.1. The number of hydrogen-bond acceptors (Lipinski definition) is 15. The summed E-state index contributed by atoms with van der Waals surface area (Å²) in [5.41, 5.74) is 0. The summed E-state index contributed by atoms with van der Waals surface area (Å²) in [5.74, 6) is 0. The summed E-state index contributed by atoms with van der Waals surface area (Å²) in [6.07, 6.45) is 20.6. The van der Waals surface area contributed by atoms with E-state index in [9.17, 15) is 0 Å². The Morgan fingerprint density at radius 1 is 0.288 bits per heavy atom. The van der Waals surface area contributed by atoms with E-state index in [1.54, 1.807) is 0 Å². The predicted octanol–water partition coefficient (Wildman–Crippen LogP) is 18.3. The topological polar surface area (TPSA) is 148 Å². The highest BCUT2D eigenvalue weighted by atomic mass is 31.3. The van der Waals surface area contributed by atoms with E-state index < -0.39 is 60.7 Å². The Hall–Kier alpha value is -2.31. The average molecular weight is 994 g/mol. The number of unbranched alkanes of at least 4 members (excludes halogenated alkanes) is 12. The van der Waals surface area contributed by atoms with Crippen molar-refractivity contribution >= 4 is 23.0 Å². The standard InChI is InChI=1S/C48H90N3O12P3/c1-13-25-31-37-43(52-19-7)58-64(59-44(53-20-8)38-32-26-14-2)49-65(60-45(54-21-9)39-33-27-15-3,61-46(55-22-10)40-34-28-16-4)51-66(50-64,62-47(56-23-11)41-35-29-17-5)63-48(57-24-12)42-36-30-18-6/h19-24,43-48H,7-18,25-42H2,1-6H3. The van der Waals surface area contributed by atoms with Crippen molar-refractivity contribution in [1.29, 1.82) is 0 Å². The van der Waals surface area contributed by atoms with Gasteiger partial charge in [0.25, 0.3) is 0 Å². The molecule has 384 valence electrons. The minimum atomic E-state index is -4.25. The Kier molecular flexibility index (Phi) is 36.0.